The van der Waals surface area contributed by atoms with E-state index in [9.17, 15) is 4.79 Å². The number of ketones is 1. The molecule has 1 aliphatic rings. The molecule has 2 unspecified atom stereocenters. The zero-order valence-corrected chi connectivity index (χ0v) is 5.63. The highest BCUT2D eigenvalue weighted by molar-refractivity contribution is 5.79. The Morgan fingerprint density at radius 3 is 2.78 bits per heavy atom. The summed E-state index contributed by atoms with van der Waals surface area (Å²) in [5.41, 5.74) is 0. The van der Waals surface area contributed by atoms with Crippen molar-refractivity contribution in [3.05, 3.63) is 0 Å². The predicted molar refractivity (Wildman–Crippen MR) is 34.0 cm³/mol. The molecule has 1 aliphatic carbocycles. The SMILES string of the molecule is CC1CCC(=O)CC1O. The molecule has 52 valence electrons. The van der Waals surface area contributed by atoms with Gasteiger partial charge >= 0.3 is 0 Å². The van der Waals surface area contributed by atoms with Crippen LogP contribution in [0.15, 0.2) is 0 Å². The molecule has 2 atom stereocenters. The molecule has 0 saturated heterocycles. The standard InChI is InChI=1S/C7H12O2/c1-5-2-3-6(8)4-7(5)9/h5,7,9H,2-4H2,1H3. The molecule has 1 N–H and O–H groups in total. The van der Waals surface area contributed by atoms with E-state index in [4.69, 9.17) is 5.11 Å². The summed E-state index contributed by atoms with van der Waals surface area (Å²) in [6.45, 7) is 1.98. The second kappa shape index (κ2) is 2.48. The molecule has 2 nitrogen and oxygen atoms in total. The summed E-state index contributed by atoms with van der Waals surface area (Å²) in [5.74, 6) is 0.531. The van der Waals surface area contributed by atoms with Crippen molar-refractivity contribution in [3.8, 4) is 0 Å². The van der Waals surface area contributed by atoms with Gasteiger partial charge in [0, 0.05) is 12.8 Å². The van der Waals surface area contributed by atoms with Gasteiger partial charge in [-0.25, -0.2) is 0 Å². The van der Waals surface area contributed by atoms with Crippen molar-refractivity contribution in [2.75, 3.05) is 0 Å². The molecule has 0 radical (unpaired) electrons. The molecule has 1 fully saturated rings. The summed E-state index contributed by atoms with van der Waals surface area (Å²) in [6.07, 6.45) is 1.53. The number of aliphatic hydroxyl groups is 1. The number of Topliss-reactive ketones (excluding diaryl/α,β-unsaturated/α-hetero) is 1. The molecule has 0 bridgehead atoms. The first-order valence-electron chi connectivity index (χ1n) is 3.40. The fraction of sp³-hybridized carbons (Fsp3) is 0.857. The van der Waals surface area contributed by atoms with Crippen molar-refractivity contribution < 1.29 is 9.90 Å². The van der Waals surface area contributed by atoms with Crippen molar-refractivity contribution in [2.45, 2.75) is 32.3 Å². The number of carbonyl (C=O) groups excluding carboxylic acids is 1. The second-order valence-corrected chi connectivity index (χ2v) is 2.83. The quantitative estimate of drug-likeness (QED) is 0.522. The fourth-order valence-electron chi connectivity index (χ4n) is 1.12. The van der Waals surface area contributed by atoms with Gasteiger partial charge in [0.1, 0.15) is 5.78 Å². The van der Waals surface area contributed by atoms with Crippen LogP contribution in [-0.4, -0.2) is 17.0 Å². The Kier molecular flexibility index (Phi) is 1.86. The number of rotatable bonds is 0. The molecule has 0 amide bonds. The normalized spacial score (nSPS) is 36.9. The van der Waals surface area contributed by atoms with Crippen LogP contribution < -0.4 is 0 Å². The van der Waals surface area contributed by atoms with Crippen molar-refractivity contribution in [1.82, 2.24) is 0 Å². The minimum Gasteiger partial charge on any atom is -0.392 e. The molecule has 0 aliphatic heterocycles. The topological polar surface area (TPSA) is 37.3 Å². The highest BCUT2D eigenvalue weighted by Crippen LogP contribution is 2.20. The van der Waals surface area contributed by atoms with E-state index in [0.717, 1.165) is 6.42 Å². The van der Waals surface area contributed by atoms with Crippen LogP contribution in [-0.2, 0) is 4.79 Å². The summed E-state index contributed by atoms with van der Waals surface area (Å²) in [5, 5.41) is 9.13. The summed E-state index contributed by atoms with van der Waals surface area (Å²) >= 11 is 0. The summed E-state index contributed by atoms with van der Waals surface area (Å²) < 4.78 is 0. The fourth-order valence-corrected chi connectivity index (χ4v) is 1.12. The molecule has 0 spiro atoms. The molecule has 0 aromatic carbocycles. The van der Waals surface area contributed by atoms with Gasteiger partial charge in [-0.05, 0) is 12.3 Å². The van der Waals surface area contributed by atoms with E-state index in [1.807, 2.05) is 6.92 Å². The van der Waals surface area contributed by atoms with Gasteiger partial charge in [0.25, 0.3) is 0 Å². The Hall–Kier alpha value is -0.370. The van der Waals surface area contributed by atoms with Crippen LogP contribution in [0, 0.1) is 5.92 Å². The minimum absolute atomic E-state index is 0.209. The Morgan fingerprint density at radius 1 is 1.67 bits per heavy atom. The molecule has 0 heterocycles. The van der Waals surface area contributed by atoms with Crippen LogP contribution >= 0.6 is 0 Å². The van der Waals surface area contributed by atoms with Crippen LogP contribution in [0.2, 0.25) is 0 Å². The highest BCUT2D eigenvalue weighted by Gasteiger charge is 2.23. The average Bonchev–Trinajstić information content (AvgIpc) is 1.80. The third-order valence-electron chi connectivity index (χ3n) is 1.97. The first-order chi connectivity index (χ1) is 4.20. The van der Waals surface area contributed by atoms with Crippen LogP contribution in [0.3, 0.4) is 0 Å². The summed E-state index contributed by atoms with van der Waals surface area (Å²) in [4.78, 5) is 10.7. The Labute approximate surface area is 54.9 Å². The number of hydrogen-bond donors (Lipinski definition) is 1. The zero-order valence-electron chi connectivity index (χ0n) is 5.63. The largest absolute Gasteiger partial charge is 0.392 e. The molecular formula is C7H12O2. The third kappa shape index (κ3) is 1.52. The lowest BCUT2D eigenvalue weighted by molar-refractivity contribution is -0.124. The van der Waals surface area contributed by atoms with Crippen molar-refractivity contribution in [3.63, 3.8) is 0 Å². The number of hydrogen-bond acceptors (Lipinski definition) is 2. The van der Waals surface area contributed by atoms with Crippen molar-refractivity contribution >= 4 is 5.78 Å². The van der Waals surface area contributed by atoms with E-state index in [-0.39, 0.29) is 11.9 Å². The third-order valence-corrected chi connectivity index (χ3v) is 1.97. The monoisotopic (exact) mass is 128 g/mol. The van der Waals surface area contributed by atoms with Crippen molar-refractivity contribution in [2.24, 2.45) is 5.92 Å². The van der Waals surface area contributed by atoms with Gasteiger partial charge in [-0.2, -0.15) is 0 Å². The van der Waals surface area contributed by atoms with E-state index < -0.39 is 0 Å². The lowest BCUT2D eigenvalue weighted by Gasteiger charge is -2.22. The lowest BCUT2D eigenvalue weighted by Crippen LogP contribution is -2.27. The number of carbonyl (C=O) groups is 1. The van der Waals surface area contributed by atoms with Gasteiger partial charge in [0.05, 0.1) is 6.10 Å². The maximum absolute atomic E-state index is 10.7. The predicted octanol–water partition coefficient (Wildman–Crippen LogP) is 0.736. The maximum atomic E-state index is 10.7. The second-order valence-electron chi connectivity index (χ2n) is 2.83. The van der Waals surface area contributed by atoms with E-state index in [1.165, 1.54) is 0 Å². The molecule has 1 saturated carbocycles. The average molecular weight is 128 g/mol. The Balaban J connectivity index is 2.44. The van der Waals surface area contributed by atoms with Crippen LogP contribution in [0.25, 0.3) is 0 Å². The van der Waals surface area contributed by atoms with Crippen LogP contribution in [0.4, 0.5) is 0 Å². The maximum Gasteiger partial charge on any atom is 0.135 e. The summed E-state index contributed by atoms with van der Waals surface area (Å²) in [6, 6.07) is 0. The highest BCUT2D eigenvalue weighted by atomic mass is 16.3. The molecule has 1 rings (SSSR count). The zero-order chi connectivity index (χ0) is 6.85. The van der Waals surface area contributed by atoms with Crippen LogP contribution in [0.1, 0.15) is 26.2 Å². The van der Waals surface area contributed by atoms with Gasteiger partial charge in [0.2, 0.25) is 0 Å². The minimum atomic E-state index is -0.369. The summed E-state index contributed by atoms with van der Waals surface area (Å²) in [7, 11) is 0. The van der Waals surface area contributed by atoms with E-state index >= 15 is 0 Å². The van der Waals surface area contributed by atoms with Gasteiger partial charge in [-0.15, -0.1) is 0 Å². The van der Waals surface area contributed by atoms with E-state index in [2.05, 4.69) is 0 Å². The van der Waals surface area contributed by atoms with Gasteiger partial charge in [-0.1, -0.05) is 6.92 Å². The van der Waals surface area contributed by atoms with E-state index in [1.54, 1.807) is 0 Å². The van der Waals surface area contributed by atoms with E-state index in [0.29, 0.717) is 18.8 Å². The van der Waals surface area contributed by atoms with Crippen molar-refractivity contribution in [1.29, 1.82) is 0 Å². The molecule has 9 heavy (non-hydrogen) atoms. The smallest absolute Gasteiger partial charge is 0.135 e. The molecule has 0 aromatic heterocycles. The Bertz CT molecular complexity index is 120. The van der Waals surface area contributed by atoms with Crippen LogP contribution in [0.5, 0.6) is 0 Å². The molecule has 2 heteroatoms. The van der Waals surface area contributed by atoms with Gasteiger partial charge in [-0.3, -0.25) is 4.79 Å². The molecular weight excluding hydrogens is 116 g/mol. The molecule has 0 aromatic rings. The first-order valence-corrected chi connectivity index (χ1v) is 3.40. The number of aliphatic hydroxyl groups excluding tert-OH is 1. The van der Waals surface area contributed by atoms with Gasteiger partial charge < -0.3 is 5.11 Å². The van der Waals surface area contributed by atoms with Gasteiger partial charge in [0.15, 0.2) is 0 Å². The lowest BCUT2D eigenvalue weighted by atomic mass is 9.87. The first kappa shape index (κ1) is 6.75. The Morgan fingerprint density at radius 2 is 2.33 bits per heavy atom.